The third-order valence-electron chi connectivity index (χ3n) is 5.56. The van der Waals surface area contributed by atoms with Crippen LogP contribution >= 0.6 is 0 Å². The second-order valence-corrected chi connectivity index (χ2v) is 8.35. The summed E-state index contributed by atoms with van der Waals surface area (Å²) in [5.74, 6) is -0.129. The maximum absolute atomic E-state index is 12.8. The van der Waals surface area contributed by atoms with Crippen molar-refractivity contribution in [2.24, 2.45) is 5.92 Å². The van der Waals surface area contributed by atoms with E-state index in [-0.39, 0.29) is 30.9 Å². The minimum atomic E-state index is -0.387. The molecule has 2 aliphatic rings. The SMILES string of the molecule is CN(C)CCCNC(=O)/C(=C/CCCCC(=O)NO)COC1CC=CC2=CC=CCC21. The highest BCUT2D eigenvalue weighted by atomic mass is 16.5. The summed E-state index contributed by atoms with van der Waals surface area (Å²) in [6, 6.07) is 0. The lowest BCUT2D eigenvalue weighted by molar-refractivity contribution is -0.129. The molecule has 2 rings (SSSR count). The number of carbonyl (C=O) groups excluding carboxylic acids is 2. The Morgan fingerprint density at radius 1 is 1.23 bits per heavy atom. The van der Waals surface area contributed by atoms with Crippen molar-refractivity contribution in [3.63, 3.8) is 0 Å². The van der Waals surface area contributed by atoms with Gasteiger partial charge in [0.05, 0.1) is 12.7 Å². The first-order valence-corrected chi connectivity index (χ1v) is 11.2. The van der Waals surface area contributed by atoms with Gasteiger partial charge in [0.2, 0.25) is 11.8 Å². The van der Waals surface area contributed by atoms with Crippen molar-refractivity contribution in [2.75, 3.05) is 33.8 Å². The van der Waals surface area contributed by atoms with Crippen molar-refractivity contribution < 1.29 is 19.5 Å². The summed E-state index contributed by atoms with van der Waals surface area (Å²) in [5, 5.41) is 11.6. The van der Waals surface area contributed by atoms with Gasteiger partial charge in [0.15, 0.2) is 0 Å². The van der Waals surface area contributed by atoms with Crippen LogP contribution in [0.25, 0.3) is 0 Å². The highest BCUT2D eigenvalue weighted by Crippen LogP contribution is 2.32. The lowest BCUT2D eigenvalue weighted by Crippen LogP contribution is -2.33. The minimum absolute atomic E-state index is 0.0689. The van der Waals surface area contributed by atoms with E-state index in [9.17, 15) is 9.59 Å². The zero-order valence-corrected chi connectivity index (χ0v) is 18.8. The van der Waals surface area contributed by atoms with Gasteiger partial charge in [0.25, 0.3) is 0 Å². The van der Waals surface area contributed by atoms with E-state index in [4.69, 9.17) is 9.94 Å². The molecule has 31 heavy (non-hydrogen) atoms. The van der Waals surface area contributed by atoms with Crippen molar-refractivity contribution in [3.05, 3.63) is 47.6 Å². The smallest absolute Gasteiger partial charge is 0.249 e. The number of hydroxylamine groups is 1. The molecule has 0 bridgehead atoms. The van der Waals surface area contributed by atoms with Gasteiger partial charge in [-0.25, -0.2) is 5.48 Å². The molecule has 0 aromatic rings. The molecule has 0 fully saturated rings. The number of fused-ring (bicyclic) bond motifs is 1. The van der Waals surface area contributed by atoms with Crippen molar-refractivity contribution in [1.82, 2.24) is 15.7 Å². The Labute approximate surface area is 185 Å². The van der Waals surface area contributed by atoms with Gasteiger partial charge >= 0.3 is 0 Å². The van der Waals surface area contributed by atoms with Crippen LogP contribution < -0.4 is 10.8 Å². The Kier molecular flexibility index (Phi) is 11.3. The lowest BCUT2D eigenvalue weighted by atomic mass is 9.81. The van der Waals surface area contributed by atoms with Crippen LogP contribution in [-0.4, -0.2) is 61.8 Å². The van der Waals surface area contributed by atoms with Gasteiger partial charge in [-0.1, -0.05) is 36.5 Å². The van der Waals surface area contributed by atoms with Gasteiger partial charge in [-0.2, -0.15) is 0 Å². The van der Waals surface area contributed by atoms with Gasteiger partial charge in [-0.05, 0) is 64.7 Å². The second kappa shape index (κ2) is 14.0. The summed E-state index contributed by atoms with van der Waals surface area (Å²) in [6.07, 6.45) is 17.8. The largest absolute Gasteiger partial charge is 0.372 e. The fourth-order valence-corrected chi connectivity index (χ4v) is 3.78. The van der Waals surface area contributed by atoms with Crippen LogP contribution in [0.5, 0.6) is 0 Å². The summed E-state index contributed by atoms with van der Waals surface area (Å²) in [7, 11) is 4.03. The highest BCUT2D eigenvalue weighted by molar-refractivity contribution is 5.93. The van der Waals surface area contributed by atoms with E-state index in [0.717, 1.165) is 32.2 Å². The van der Waals surface area contributed by atoms with Crippen LogP contribution in [0.15, 0.2) is 47.6 Å². The Hall–Kier alpha value is -2.22. The standard InChI is InChI=1S/C24H37N3O4/c1-27(2)17-9-16-25-24(29)20(11-4-3-5-15-23(28)26-30)18-31-22-14-8-12-19-10-6-7-13-21(19)22/h6-8,10-12,21-22,30H,3-5,9,13-18H2,1-2H3,(H,25,29)(H,26,28)/b20-11+. The molecular formula is C24H37N3O4. The number of nitrogens with zero attached hydrogens (tertiary/aromatic N) is 1. The monoisotopic (exact) mass is 431 g/mol. The molecule has 0 saturated heterocycles. The Morgan fingerprint density at radius 3 is 2.84 bits per heavy atom. The quantitative estimate of drug-likeness (QED) is 0.181. The summed E-state index contributed by atoms with van der Waals surface area (Å²) in [5.41, 5.74) is 3.57. The second-order valence-electron chi connectivity index (χ2n) is 8.35. The van der Waals surface area contributed by atoms with Crippen LogP contribution in [0.2, 0.25) is 0 Å². The van der Waals surface area contributed by atoms with Gasteiger partial charge in [0.1, 0.15) is 0 Å². The van der Waals surface area contributed by atoms with Gasteiger partial charge in [-0.15, -0.1) is 0 Å². The van der Waals surface area contributed by atoms with E-state index in [1.807, 2.05) is 20.2 Å². The molecular weight excluding hydrogens is 394 g/mol. The van der Waals surface area contributed by atoms with Crippen LogP contribution in [-0.2, 0) is 14.3 Å². The first-order valence-electron chi connectivity index (χ1n) is 11.2. The number of ether oxygens (including phenoxy) is 1. The molecule has 2 unspecified atom stereocenters. The van der Waals surface area contributed by atoms with Crippen molar-refractivity contribution in [3.8, 4) is 0 Å². The maximum Gasteiger partial charge on any atom is 0.249 e. The molecule has 0 aromatic carbocycles. The molecule has 7 nitrogen and oxygen atoms in total. The number of allylic oxidation sites excluding steroid dienone is 5. The van der Waals surface area contributed by atoms with Crippen molar-refractivity contribution >= 4 is 11.8 Å². The van der Waals surface area contributed by atoms with Gasteiger partial charge < -0.3 is 15.0 Å². The average Bonchev–Trinajstić information content (AvgIpc) is 2.78. The number of hydrogen-bond donors (Lipinski definition) is 3. The van der Waals surface area contributed by atoms with Crippen LogP contribution in [0, 0.1) is 5.92 Å². The number of nitrogens with one attached hydrogen (secondary N) is 2. The summed E-state index contributed by atoms with van der Waals surface area (Å²) in [6.45, 7) is 1.82. The first-order chi connectivity index (χ1) is 15.0. The number of rotatable bonds is 13. The molecule has 0 aromatic heterocycles. The molecule has 0 saturated carbocycles. The van der Waals surface area contributed by atoms with Crippen molar-refractivity contribution in [1.29, 1.82) is 0 Å². The van der Waals surface area contributed by atoms with Gasteiger partial charge in [0, 0.05) is 24.5 Å². The zero-order valence-electron chi connectivity index (χ0n) is 18.8. The zero-order chi connectivity index (χ0) is 22.5. The molecule has 0 aliphatic heterocycles. The van der Waals surface area contributed by atoms with E-state index in [1.165, 1.54) is 5.57 Å². The predicted molar refractivity (Wildman–Crippen MR) is 121 cm³/mol. The third kappa shape index (κ3) is 9.21. The van der Waals surface area contributed by atoms with Gasteiger partial charge in [-0.3, -0.25) is 14.8 Å². The van der Waals surface area contributed by atoms with E-state index < -0.39 is 0 Å². The Balaban J connectivity index is 1.89. The third-order valence-corrected chi connectivity index (χ3v) is 5.56. The maximum atomic E-state index is 12.8. The molecule has 3 N–H and O–H groups in total. The molecule has 172 valence electrons. The highest BCUT2D eigenvalue weighted by Gasteiger charge is 2.27. The van der Waals surface area contributed by atoms with Crippen LogP contribution in [0.1, 0.15) is 44.9 Å². The number of unbranched alkanes of at least 4 members (excludes halogenated alkanes) is 2. The molecule has 0 spiro atoms. The average molecular weight is 432 g/mol. The van der Waals surface area contributed by atoms with Crippen LogP contribution in [0.3, 0.4) is 0 Å². The summed E-state index contributed by atoms with van der Waals surface area (Å²) in [4.78, 5) is 26.0. The molecule has 0 heterocycles. The number of hydrogen-bond acceptors (Lipinski definition) is 5. The van der Waals surface area contributed by atoms with E-state index in [1.54, 1.807) is 5.48 Å². The molecule has 0 radical (unpaired) electrons. The normalized spacial score (nSPS) is 20.4. The van der Waals surface area contributed by atoms with E-state index in [2.05, 4.69) is 40.6 Å². The molecule has 7 heteroatoms. The summed E-state index contributed by atoms with van der Waals surface area (Å²) >= 11 is 0. The molecule has 2 atom stereocenters. The Bertz CT molecular complexity index is 710. The summed E-state index contributed by atoms with van der Waals surface area (Å²) < 4.78 is 6.23. The number of amides is 2. The van der Waals surface area contributed by atoms with Crippen molar-refractivity contribution in [2.45, 2.75) is 51.0 Å². The fourth-order valence-electron chi connectivity index (χ4n) is 3.78. The topological polar surface area (TPSA) is 90.9 Å². The molecule has 2 aliphatic carbocycles. The van der Waals surface area contributed by atoms with E-state index in [0.29, 0.717) is 30.9 Å². The molecule has 2 amide bonds. The number of carbonyl (C=O) groups is 2. The predicted octanol–water partition coefficient (Wildman–Crippen LogP) is 2.89. The Morgan fingerprint density at radius 2 is 2.06 bits per heavy atom. The first kappa shape index (κ1) is 25.0. The minimum Gasteiger partial charge on any atom is -0.372 e. The van der Waals surface area contributed by atoms with Crippen LogP contribution in [0.4, 0.5) is 0 Å². The lowest BCUT2D eigenvalue weighted by Gasteiger charge is -2.31. The fraction of sp³-hybridized carbons (Fsp3) is 0.583. The van der Waals surface area contributed by atoms with E-state index >= 15 is 0 Å².